The monoisotopic (exact) mass is 424 g/mol. The second kappa shape index (κ2) is 6.79. The first-order valence-electron chi connectivity index (χ1n) is 10.5. The van der Waals surface area contributed by atoms with Gasteiger partial charge in [-0.3, -0.25) is 4.79 Å². The smallest absolute Gasteiger partial charge is 0.256 e. The molecule has 0 radical (unpaired) electrons. The molecular weight excluding hydrogens is 403 g/mol. The van der Waals surface area contributed by atoms with Crippen LogP contribution >= 0.6 is 0 Å². The van der Waals surface area contributed by atoms with Crippen molar-refractivity contribution in [2.45, 2.75) is 51.0 Å². The maximum Gasteiger partial charge on any atom is 0.256 e. The van der Waals surface area contributed by atoms with Crippen LogP contribution < -0.4 is 19.7 Å². The van der Waals surface area contributed by atoms with Crippen molar-refractivity contribution >= 4 is 17.4 Å². The summed E-state index contributed by atoms with van der Waals surface area (Å²) in [7, 11) is 0. The number of carbonyl (C=O) groups excluding carboxylic acids is 1. The minimum atomic E-state index is -0.425. The van der Waals surface area contributed by atoms with Crippen molar-refractivity contribution in [1.29, 1.82) is 0 Å². The number of nitrogens with zero attached hydrogens (tertiary/aromatic N) is 5. The summed E-state index contributed by atoms with van der Waals surface area (Å²) in [5, 5.41) is 7.15. The molecule has 1 N–H and O–H groups in total. The standard InChI is InChI=1S/C21H21FN6O3/c1-11-6-23-20(29)14-8-25-28-10-17-19(26-18(14)28)27(15-3-2-4-16(15)31-17)9-12-5-13(22)7-24-21(12)30-11/h5,7-8,10-11,15-16H,2-4,6,9H2,1H3,(H,23,29)/t11-,15+,16-/m1/s1. The first kappa shape index (κ1) is 18.3. The van der Waals surface area contributed by atoms with Crippen LogP contribution in [0.2, 0.25) is 0 Å². The molecule has 3 aromatic rings. The molecule has 1 aliphatic carbocycles. The Bertz CT molecular complexity index is 1200. The van der Waals surface area contributed by atoms with Gasteiger partial charge in [0.05, 0.1) is 37.7 Å². The van der Waals surface area contributed by atoms with Gasteiger partial charge in [0.15, 0.2) is 17.2 Å². The van der Waals surface area contributed by atoms with E-state index in [1.165, 1.54) is 12.3 Å². The largest absolute Gasteiger partial charge is 0.483 e. The second-order valence-corrected chi connectivity index (χ2v) is 8.29. The van der Waals surface area contributed by atoms with E-state index in [0.29, 0.717) is 40.8 Å². The molecule has 31 heavy (non-hydrogen) atoms. The fraction of sp³-hybridized carbons (Fsp3) is 0.429. The second-order valence-electron chi connectivity index (χ2n) is 8.29. The lowest BCUT2D eigenvalue weighted by atomic mass is 10.1. The summed E-state index contributed by atoms with van der Waals surface area (Å²) in [6.45, 7) is 2.47. The third-order valence-corrected chi connectivity index (χ3v) is 6.15. The Morgan fingerprint density at radius 2 is 2.16 bits per heavy atom. The Kier molecular flexibility index (Phi) is 4.02. The van der Waals surface area contributed by atoms with Crippen LogP contribution in [0.25, 0.3) is 5.65 Å². The van der Waals surface area contributed by atoms with Crippen LogP contribution in [0.3, 0.4) is 0 Å². The zero-order chi connectivity index (χ0) is 21.1. The van der Waals surface area contributed by atoms with E-state index in [2.05, 4.69) is 20.3 Å². The third-order valence-electron chi connectivity index (χ3n) is 6.15. The number of ether oxygens (including phenoxy) is 2. The Morgan fingerprint density at radius 3 is 3.06 bits per heavy atom. The zero-order valence-corrected chi connectivity index (χ0v) is 16.9. The number of anilines is 1. The van der Waals surface area contributed by atoms with Gasteiger partial charge in [0, 0.05) is 5.56 Å². The summed E-state index contributed by atoms with van der Waals surface area (Å²) in [6, 6.07) is 1.55. The molecule has 1 fully saturated rings. The average Bonchev–Trinajstić information content (AvgIpc) is 3.38. The number of nitrogens with one attached hydrogen (secondary N) is 1. The van der Waals surface area contributed by atoms with E-state index >= 15 is 0 Å². The van der Waals surface area contributed by atoms with Crippen LogP contribution in [0.4, 0.5) is 10.2 Å². The zero-order valence-electron chi connectivity index (χ0n) is 16.9. The van der Waals surface area contributed by atoms with Gasteiger partial charge < -0.3 is 19.7 Å². The number of fused-ring (bicyclic) bond motifs is 3. The highest BCUT2D eigenvalue weighted by molar-refractivity contribution is 5.99. The van der Waals surface area contributed by atoms with Crippen LogP contribution in [0.5, 0.6) is 11.6 Å². The first-order chi connectivity index (χ1) is 15.1. The number of amides is 1. The number of hydrogen-bond donors (Lipinski definition) is 1. The van der Waals surface area contributed by atoms with Crippen molar-refractivity contribution in [2.75, 3.05) is 11.4 Å². The van der Waals surface area contributed by atoms with Crippen LogP contribution in [0.15, 0.2) is 24.7 Å². The van der Waals surface area contributed by atoms with Crippen molar-refractivity contribution in [2.24, 2.45) is 0 Å². The van der Waals surface area contributed by atoms with Gasteiger partial charge in [-0.1, -0.05) is 0 Å². The number of rotatable bonds is 0. The molecule has 160 valence electrons. The van der Waals surface area contributed by atoms with E-state index < -0.39 is 5.82 Å². The summed E-state index contributed by atoms with van der Waals surface area (Å²) >= 11 is 0. The van der Waals surface area contributed by atoms with Gasteiger partial charge in [-0.05, 0) is 32.3 Å². The minimum absolute atomic E-state index is 0.0191. The fourth-order valence-electron chi connectivity index (χ4n) is 4.68. The molecule has 2 bridgehead atoms. The highest BCUT2D eigenvalue weighted by Gasteiger charge is 2.41. The predicted molar refractivity (Wildman–Crippen MR) is 108 cm³/mol. The van der Waals surface area contributed by atoms with Crippen LogP contribution in [0, 0.1) is 5.82 Å². The summed E-state index contributed by atoms with van der Waals surface area (Å²) in [5.41, 5.74) is 1.46. The molecule has 3 aliphatic rings. The third kappa shape index (κ3) is 2.96. The van der Waals surface area contributed by atoms with Crippen molar-refractivity contribution in [3.8, 4) is 11.6 Å². The van der Waals surface area contributed by atoms with Gasteiger partial charge in [-0.25, -0.2) is 18.9 Å². The van der Waals surface area contributed by atoms with E-state index in [1.807, 2.05) is 6.92 Å². The molecule has 0 saturated heterocycles. The van der Waals surface area contributed by atoms with Crippen molar-refractivity contribution in [3.05, 3.63) is 41.6 Å². The lowest BCUT2D eigenvalue weighted by Crippen LogP contribution is -2.47. The minimum Gasteiger partial charge on any atom is -0.483 e. The molecule has 0 spiro atoms. The maximum atomic E-state index is 14.1. The number of halogens is 1. The summed E-state index contributed by atoms with van der Waals surface area (Å²) < 4.78 is 27.9. The SMILES string of the molecule is C[C@@H]1CNC(=O)c2cnn3cc4c(nc23)N(Cc2cc(F)cnc2O1)[C@H]1CCC[C@H]1O4. The predicted octanol–water partition coefficient (Wildman–Crippen LogP) is 2.09. The quantitative estimate of drug-likeness (QED) is 0.591. The van der Waals surface area contributed by atoms with E-state index in [0.717, 1.165) is 25.5 Å². The average molecular weight is 424 g/mol. The maximum absolute atomic E-state index is 14.1. The molecule has 6 rings (SSSR count). The summed E-state index contributed by atoms with van der Waals surface area (Å²) in [6.07, 6.45) is 6.99. The van der Waals surface area contributed by atoms with Crippen LogP contribution in [-0.4, -0.2) is 50.3 Å². The van der Waals surface area contributed by atoms with Crippen molar-refractivity contribution in [3.63, 3.8) is 0 Å². The number of carbonyl (C=O) groups is 1. The number of aromatic nitrogens is 4. The van der Waals surface area contributed by atoms with Gasteiger partial charge in [-0.2, -0.15) is 5.10 Å². The lowest BCUT2D eigenvalue weighted by molar-refractivity contribution is 0.0932. The van der Waals surface area contributed by atoms with E-state index in [-0.39, 0.29) is 30.7 Å². The Morgan fingerprint density at radius 1 is 1.26 bits per heavy atom. The highest BCUT2D eigenvalue weighted by atomic mass is 19.1. The molecule has 0 aromatic carbocycles. The summed E-state index contributed by atoms with van der Waals surface area (Å²) in [5.74, 6) is 0.861. The van der Waals surface area contributed by atoms with E-state index in [1.54, 1.807) is 10.7 Å². The first-order valence-corrected chi connectivity index (χ1v) is 10.5. The van der Waals surface area contributed by atoms with E-state index in [4.69, 9.17) is 14.5 Å². The molecule has 1 amide bonds. The van der Waals surface area contributed by atoms with Gasteiger partial charge >= 0.3 is 0 Å². The number of pyridine rings is 1. The molecular formula is C21H21FN6O3. The van der Waals surface area contributed by atoms with Gasteiger partial charge in [-0.15, -0.1) is 0 Å². The fourth-order valence-corrected chi connectivity index (χ4v) is 4.68. The molecule has 2 aliphatic heterocycles. The van der Waals surface area contributed by atoms with Crippen LogP contribution in [-0.2, 0) is 6.54 Å². The topological polar surface area (TPSA) is 93.9 Å². The highest BCUT2D eigenvalue weighted by Crippen LogP contribution is 2.42. The van der Waals surface area contributed by atoms with Crippen molar-refractivity contribution < 1.29 is 18.7 Å². The Balaban J connectivity index is 1.56. The van der Waals surface area contributed by atoms with Gasteiger partial charge in [0.25, 0.3) is 5.91 Å². The molecule has 0 unspecified atom stereocenters. The Hall–Kier alpha value is -3.43. The molecule has 3 aromatic heterocycles. The van der Waals surface area contributed by atoms with E-state index in [9.17, 15) is 9.18 Å². The molecule has 9 nitrogen and oxygen atoms in total. The van der Waals surface area contributed by atoms with Gasteiger partial charge in [0.2, 0.25) is 5.88 Å². The molecule has 3 atom stereocenters. The Labute approximate surface area is 177 Å². The number of hydrogen-bond acceptors (Lipinski definition) is 7. The van der Waals surface area contributed by atoms with Crippen LogP contribution in [0.1, 0.15) is 42.1 Å². The van der Waals surface area contributed by atoms with Crippen molar-refractivity contribution in [1.82, 2.24) is 24.9 Å². The lowest BCUT2D eigenvalue weighted by Gasteiger charge is -2.39. The van der Waals surface area contributed by atoms with Gasteiger partial charge in [0.1, 0.15) is 23.6 Å². The molecule has 1 saturated carbocycles. The summed E-state index contributed by atoms with van der Waals surface area (Å²) in [4.78, 5) is 23.9. The molecule has 5 heterocycles. The normalized spacial score (nSPS) is 24.9. The molecule has 10 heteroatoms.